The highest BCUT2D eigenvalue weighted by Gasteiger charge is 2.32. The highest BCUT2D eigenvalue weighted by molar-refractivity contribution is 7.89. The predicted molar refractivity (Wildman–Crippen MR) is 125 cm³/mol. The van der Waals surface area contributed by atoms with Gasteiger partial charge in [0.1, 0.15) is 0 Å². The smallest absolute Gasteiger partial charge is 0.269 e. The third kappa shape index (κ3) is 4.49. The summed E-state index contributed by atoms with van der Waals surface area (Å²) in [4.78, 5) is 17.2. The van der Waals surface area contributed by atoms with E-state index in [2.05, 4.69) is 15.8 Å². The number of anilines is 1. The van der Waals surface area contributed by atoms with Crippen LogP contribution in [0, 0.1) is 13.8 Å². The lowest BCUT2D eigenvalue weighted by Crippen LogP contribution is -2.48. The summed E-state index contributed by atoms with van der Waals surface area (Å²) in [5, 5.41) is 0.580. The molecule has 0 unspecified atom stereocenters. The van der Waals surface area contributed by atoms with E-state index in [1.807, 2.05) is 39.8 Å². The average molecular weight is 475 g/mol. The summed E-state index contributed by atoms with van der Waals surface area (Å²) in [6.07, 6.45) is -0.334. The molecule has 10 heteroatoms. The average Bonchev–Trinajstić information content (AvgIpc) is 3.18. The Morgan fingerprint density at radius 2 is 1.75 bits per heavy atom. The summed E-state index contributed by atoms with van der Waals surface area (Å²) in [7, 11) is -3.65. The van der Waals surface area contributed by atoms with Crippen molar-refractivity contribution in [1.82, 2.24) is 14.7 Å². The number of morpholine rings is 1. The van der Waals surface area contributed by atoms with E-state index >= 15 is 0 Å². The second-order valence-electron chi connectivity index (χ2n) is 8.06. The number of nitrogens with zero attached hydrogens (tertiary/aromatic N) is 2. The molecule has 32 heavy (non-hydrogen) atoms. The number of rotatable bonds is 5. The van der Waals surface area contributed by atoms with E-state index in [0.717, 1.165) is 21.3 Å². The SMILES string of the molecule is Cc1ccc2sc(NNC(=O)c3ccc(S(=O)(=O)N4C[C@H](C)O[C@@H](C)C4)cc3)nc2c1C. The summed E-state index contributed by atoms with van der Waals surface area (Å²) in [5.74, 6) is -0.380. The molecule has 1 amide bonds. The van der Waals surface area contributed by atoms with E-state index in [1.54, 1.807) is 0 Å². The van der Waals surface area contributed by atoms with Crippen molar-refractivity contribution >= 4 is 42.6 Å². The third-order valence-corrected chi connectivity index (χ3v) is 8.29. The largest absolute Gasteiger partial charge is 0.373 e. The predicted octanol–water partition coefficient (Wildman–Crippen LogP) is 3.47. The molecule has 4 rings (SSSR count). The highest BCUT2D eigenvalue weighted by atomic mass is 32.2. The molecule has 0 aliphatic carbocycles. The van der Waals surface area contributed by atoms with Gasteiger partial charge in [0.15, 0.2) is 0 Å². The van der Waals surface area contributed by atoms with Crippen LogP contribution in [0.3, 0.4) is 0 Å². The molecule has 0 saturated carbocycles. The zero-order chi connectivity index (χ0) is 23.0. The fraction of sp³-hybridized carbons (Fsp3) is 0.364. The first-order valence-electron chi connectivity index (χ1n) is 10.3. The number of aryl methyl sites for hydroxylation is 2. The van der Waals surface area contributed by atoms with Gasteiger partial charge in [0.05, 0.1) is 27.3 Å². The summed E-state index contributed by atoms with van der Waals surface area (Å²) >= 11 is 1.45. The van der Waals surface area contributed by atoms with Crippen molar-refractivity contribution in [2.75, 3.05) is 18.5 Å². The minimum absolute atomic E-state index is 0.153. The fourth-order valence-electron chi connectivity index (χ4n) is 3.72. The van der Waals surface area contributed by atoms with Gasteiger partial charge in [-0.1, -0.05) is 17.4 Å². The van der Waals surface area contributed by atoms with E-state index in [-0.39, 0.29) is 23.0 Å². The number of fused-ring (bicyclic) bond motifs is 1. The number of carbonyl (C=O) groups is 1. The van der Waals surface area contributed by atoms with E-state index in [4.69, 9.17) is 4.74 Å². The Hall–Kier alpha value is -2.53. The highest BCUT2D eigenvalue weighted by Crippen LogP contribution is 2.29. The van der Waals surface area contributed by atoms with Crippen LogP contribution in [0.4, 0.5) is 5.13 Å². The molecule has 1 aromatic heterocycles. The molecule has 170 valence electrons. The summed E-state index contributed by atoms with van der Waals surface area (Å²) < 4.78 is 34.0. The lowest BCUT2D eigenvalue weighted by molar-refractivity contribution is -0.0440. The number of thiazole rings is 1. The van der Waals surface area contributed by atoms with Gasteiger partial charge in [0.2, 0.25) is 15.2 Å². The lowest BCUT2D eigenvalue weighted by atomic mass is 10.1. The van der Waals surface area contributed by atoms with Crippen LogP contribution in [0.1, 0.15) is 35.3 Å². The minimum Gasteiger partial charge on any atom is -0.373 e. The summed E-state index contributed by atoms with van der Waals surface area (Å²) in [5.41, 5.74) is 9.00. The van der Waals surface area contributed by atoms with Crippen molar-refractivity contribution in [2.24, 2.45) is 0 Å². The number of ether oxygens (including phenoxy) is 1. The summed E-state index contributed by atoms with van der Waals surface area (Å²) in [6, 6.07) is 9.98. The molecular formula is C22H26N4O4S2. The zero-order valence-electron chi connectivity index (χ0n) is 18.4. The van der Waals surface area contributed by atoms with Crippen LogP contribution in [0.2, 0.25) is 0 Å². The van der Waals surface area contributed by atoms with Crippen molar-refractivity contribution in [2.45, 2.75) is 44.8 Å². The molecule has 1 saturated heterocycles. The number of aromatic nitrogens is 1. The van der Waals surface area contributed by atoms with Crippen LogP contribution >= 0.6 is 11.3 Å². The molecule has 1 aliphatic heterocycles. The van der Waals surface area contributed by atoms with Gasteiger partial charge >= 0.3 is 0 Å². The normalized spacial score (nSPS) is 19.8. The van der Waals surface area contributed by atoms with Crippen molar-refractivity contribution in [3.8, 4) is 0 Å². The molecule has 3 aromatic rings. The van der Waals surface area contributed by atoms with Crippen molar-refractivity contribution in [1.29, 1.82) is 0 Å². The monoisotopic (exact) mass is 474 g/mol. The molecule has 0 bridgehead atoms. The molecule has 2 heterocycles. The fourth-order valence-corrected chi connectivity index (χ4v) is 6.19. The Kier molecular flexibility index (Phi) is 6.22. The van der Waals surface area contributed by atoms with Gasteiger partial charge in [-0.05, 0) is 69.2 Å². The molecule has 1 aliphatic rings. The van der Waals surface area contributed by atoms with E-state index < -0.39 is 10.0 Å². The number of benzene rings is 2. The van der Waals surface area contributed by atoms with Crippen LogP contribution in [0.15, 0.2) is 41.3 Å². The molecule has 0 radical (unpaired) electrons. The number of sulfonamides is 1. The Morgan fingerprint density at radius 3 is 2.41 bits per heavy atom. The minimum atomic E-state index is -3.65. The first-order chi connectivity index (χ1) is 15.1. The number of carbonyl (C=O) groups excluding carboxylic acids is 1. The van der Waals surface area contributed by atoms with Gasteiger partial charge in [0, 0.05) is 18.7 Å². The Balaban J connectivity index is 1.44. The van der Waals surface area contributed by atoms with Crippen molar-refractivity contribution in [3.05, 3.63) is 53.1 Å². The number of hydrazine groups is 1. The van der Waals surface area contributed by atoms with Crippen molar-refractivity contribution < 1.29 is 17.9 Å². The van der Waals surface area contributed by atoms with Crippen molar-refractivity contribution in [3.63, 3.8) is 0 Å². The molecule has 0 spiro atoms. The second kappa shape index (κ2) is 8.78. The Labute approximate surface area is 191 Å². The van der Waals surface area contributed by atoms with Gasteiger partial charge in [-0.3, -0.25) is 15.6 Å². The molecule has 1 fully saturated rings. The molecule has 2 atom stereocenters. The van der Waals surface area contributed by atoms with E-state index in [1.165, 1.54) is 39.9 Å². The van der Waals surface area contributed by atoms with Crippen LogP contribution < -0.4 is 10.9 Å². The molecular weight excluding hydrogens is 448 g/mol. The topological polar surface area (TPSA) is 101 Å². The maximum atomic E-state index is 13.0. The molecule has 8 nitrogen and oxygen atoms in total. The van der Waals surface area contributed by atoms with E-state index in [9.17, 15) is 13.2 Å². The third-order valence-electron chi connectivity index (χ3n) is 5.51. The maximum absolute atomic E-state index is 13.0. The lowest BCUT2D eigenvalue weighted by Gasteiger charge is -2.34. The standard InChI is InChI=1S/C22H26N4O4S2/c1-13-5-10-19-20(16(13)4)23-22(31-19)25-24-21(27)17-6-8-18(9-7-17)32(28,29)26-11-14(2)30-15(3)12-26/h5-10,14-15H,11-12H2,1-4H3,(H,23,25)(H,24,27)/t14-,15-/m0/s1. The number of hydrogen-bond acceptors (Lipinski definition) is 7. The van der Waals surface area contributed by atoms with Crippen LogP contribution in [-0.4, -0.2) is 48.9 Å². The molecule has 2 aromatic carbocycles. The number of nitrogens with one attached hydrogen (secondary N) is 2. The van der Waals surface area contributed by atoms with Crippen LogP contribution in [0.5, 0.6) is 0 Å². The molecule has 2 N–H and O–H groups in total. The van der Waals surface area contributed by atoms with Crippen LogP contribution in [0.25, 0.3) is 10.2 Å². The summed E-state index contributed by atoms with van der Waals surface area (Å²) in [6.45, 7) is 8.37. The first kappa shape index (κ1) is 22.7. The Bertz CT molecular complexity index is 1240. The van der Waals surface area contributed by atoms with Gasteiger partial charge in [-0.2, -0.15) is 4.31 Å². The number of amides is 1. The van der Waals surface area contributed by atoms with Gasteiger partial charge in [-0.15, -0.1) is 0 Å². The first-order valence-corrected chi connectivity index (χ1v) is 12.6. The second-order valence-corrected chi connectivity index (χ2v) is 11.0. The van der Waals surface area contributed by atoms with Gasteiger partial charge in [-0.25, -0.2) is 13.4 Å². The van der Waals surface area contributed by atoms with E-state index in [0.29, 0.717) is 23.8 Å². The maximum Gasteiger partial charge on any atom is 0.269 e. The zero-order valence-corrected chi connectivity index (χ0v) is 20.0. The van der Waals surface area contributed by atoms with Gasteiger partial charge < -0.3 is 4.74 Å². The number of hydrogen-bond donors (Lipinski definition) is 2. The van der Waals surface area contributed by atoms with Gasteiger partial charge in [0.25, 0.3) is 5.91 Å². The van der Waals surface area contributed by atoms with Crippen LogP contribution in [-0.2, 0) is 14.8 Å². The quantitative estimate of drug-likeness (QED) is 0.549. The Morgan fingerprint density at radius 1 is 1.09 bits per heavy atom.